The summed E-state index contributed by atoms with van der Waals surface area (Å²) in [5.41, 5.74) is 0. The van der Waals surface area contributed by atoms with Crippen molar-refractivity contribution in [2.45, 2.75) is 0 Å². The van der Waals surface area contributed by atoms with Gasteiger partial charge in [0.1, 0.15) is 0 Å². The zero-order valence-electron chi connectivity index (χ0n) is 1.51. The molecule has 0 heterocycles. The summed E-state index contributed by atoms with van der Waals surface area (Å²) in [6.07, 6.45) is 0. The van der Waals surface area contributed by atoms with E-state index in [4.69, 9.17) is 0 Å². The average Bonchev–Trinajstić information content (AvgIpc) is 0. The first-order valence-corrected chi connectivity index (χ1v) is 0. The molecular formula is Cl3Re-3. The van der Waals surface area contributed by atoms with Gasteiger partial charge < -0.3 is 37.2 Å². The second kappa shape index (κ2) is 24.1. The van der Waals surface area contributed by atoms with E-state index >= 15 is 0 Å². The molecule has 0 aromatic rings. The van der Waals surface area contributed by atoms with Crippen LogP contribution in [0.3, 0.4) is 0 Å². The Morgan fingerprint density at radius 2 is 0.500 bits per heavy atom. The van der Waals surface area contributed by atoms with Crippen LogP contribution in [-0.4, -0.2) is 0 Å². The predicted octanol–water partition coefficient (Wildman–Crippen LogP) is -8.99. The van der Waals surface area contributed by atoms with Crippen LogP contribution in [0.1, 0.15) is 0 Å². The van der Waals surface area contributed by atoms with Gasteiger partial charge in [-0.15, -0.1) is 0 Å². The summed E-state index contributed by atoms with van der Waals surface area (Å²) in [5.74, 6) is 0. The monoisotopic (exact) mass is 292 g/mol. The molecule has 0 N–H and O–H groups in total. The van der Waals surface area contributed by atoms with Crippen molar-refractivity contribution in [2.24, 2.45) is 0 Å². The molecule has 0 unspecified atom stereocenters. The van der Waals surface area contributed by atoms with E-state index in [1.54, 1.807) is 0 Å². The Morgan fingerprint density at radius 3 is 0.500 bits per heavy atom. The maximum atomic E-state index is 0. The first-order chi connectivity index (χ1) is 0. The van der Waals surface area contributed by atoms with Crippen LogP contribution < -0.4 is 37.2 Å². The summed E-state index contributed by atoms with van der Waals surface area (Å²) >= 11 is 0. The number of rotatable bonds is 0. The molecular weight excluding hydrogens is 293 g/mol. The van der Waals surface area contributed by atoms with Crippen molar-refractivity contribution < 1.29 is 57.6 Å². The molecule has 4 heavy (non-hydrogen) atoms. The first kappa shape index (κ1) is 48.4. The Labute approximate surface area is 57.6 Å². The van der Waals surface area contributed by atoms with E-state index in [9.17, 15) is 0 Å². The van der Waals surface area contributed by atoms with Gasteiger partial charge in [-0.2, -0.15) is 0 Å². The van der Waals surface area contributed by atoms with E-state index in [-0.39, 0.29) is 57.6 Å². The molecule has 0 saturated carbocycles. The molecule has 0 spiro atoms. The number of hydrogen-bond donors (Lipinski definition) is 0. The molecule has 0 saturated heterocycles. The topological polar surface area (TPSA) is 0 Å². The molecule has 0 aliphatic heterocycles. The molecule has 31 valence electrons. The van der Waals surface area contributed by atoms with Gasteiger partial charge in [0.05, 0.1) is 0 Å². The summed E-state index contributed by atoms with van der Waals surface area (Å²) in [7, 11) is 0. The van der Waals surface area contributed by atoms with Crippen molar-refractivity contribution in [2.75, 3.05) is 0 Å². The van der Waals surface area contributed by atoms with Crippen LogP contribution in [0.25, 0.3) is 0 Å². The minimum absolute atomic E-state index is 0. The van der Waals surface area contributed by atoms with E-state index in [1.165, 1.54) is 0 Å². The van der Waals surface area contributed by atoms with Crippen molar-refractivity contribution in [3.8, 4) is 0 Å². The van der Waals surface area contributed by atoms with Gasteiger partial charge in [0, 0.05) is 20.4 Å². The van der Waals surface area contributed by atoms with Crippen molar-refractivity contribution in [1.29, 1.82) is 0 Å². The van der Waals surface area contributed by atoms with E-state index in [2.05, 4.69) is 0 Å². The molecule has 0 aliphatic carbocycles. The molecule has 0 nitrogen and oxygen atoms in total. The molecule has 4 heteroatoms. The normalized spacial score (nSPS) is 0. The SMILES string of the molecule is [Cl-].[Cl-].[Cl-].[Re]. The van der Waals surface area contributed by atoms with E-state index in [0.717, 1.165) is 0 Å². The molecule has 0 atom stereocenters. The third kappa shape index (κ3) is 9.65. The molecule has 0 aromatic carbocycles. The zero-order chi connectivity index (χ0) is 0. The van der Waals surface area contributed by atoms with Crippen LogP contribution >= 0.6 is 0 Å². The Morgan fingerprint density at radius 1 is 0.500 bits per heavy atom. The summed E-state index contributed by atoms with van der Waals surface area (Å²) in [6, 6.07) is 0. The molecule has 0 aromatic heterocycles. The summed E-state index contributed by atoms with van der Waals surface area (Å²) < 4.78 is 0. The molecule has 0 rings (SSSR count). The van der Waals surface area contributed by atoms with Crippen LogP contribution in [-0.2, 0) is 20.4 Å². The molecule has 0 fully saturated rings. The fourth-order valence-electron chi connectivity index (χ4n) is 0. The first-order valence-electron chi connectivity index (χ1n) is 0. The molecule has 1 radical (unpaired) electrons. The zero-order valence-corrected chi connectivity index (χ0v) is 6.50. The van der Waals surface area contributed by atoms with Crippen molar-refractivity contribution in [3.05, 3.63) is 0 Å². The van der Waals surface area contributed by atoms with Gasteiger partial charge in [-0.3, -0.25) is 0 Å². The van der Waals surface area contributed by atoms with Gasteiger partial charge in [-0.1, -0.05) is 0 Å². The molecule has 0 aliphatic rings. The van der Waals surface area contributed by atoms with Crippen molar-refractivity contribution in [1.82, 2.24) is 0 Å². The Bertz CT molecular complexity index is 3.25. The van der Waals surface area contributed by atoms with Crippen LogP contribution in [0, 0.1) is 0 Å². The minimum atomic E-state index is 0. The van der Waals surface area contributed by atoms with E-state index in [0.29, 0.717) is 0 Å². The summed E-state index contributed by atoms with van der Waals surface area (Å²) in [5, 5.41) is 0. The maximum Gasteiger partial charge on any atom is 0 e. The second-order valence-electron chi connectivity index (χ2n) is 0. The smallest absolute Gasteiger partial charge is 0 e. The van der Waals surface area contributed by atoms with Crippen LogP contribution in [0.15, 0.2) is 0 Å². The van der Waals surface area contributed by atoms with Crippen LogP contribution in [0.4, 0.5) is 0 Å². The Kier molecular flexibility index (Phi) is 291. The van der Waals surface area contributed by atoms with Crippen LogP contribution in [0.2, 0.25) is 0 Å². The quantitative estimate of drug-likeness (QED) is 0.416. The standard InChI is InChI=1S/3ClH.Re/h3*1H;/p-3. The largest absolute Gasteiger partial charge is 1.00 e. The summed E-state index contributed by atoms with van der Waals surface area (Å²) in [4.78, 5) is 0. The minimum Gasteiger partial charge on any atom is -1.00 e. The predicted molar refractivity (Wildman–Crippen MR) is 0 cm³/mol. The third-order valence-corrected chi connectivity index (χ3v) is 0. The molecule has 0 amide bonds. The average molecular weight is 293 g/mol. The van der Waals surface area contributed by atoms with E-state index in [1.807, 2.05) is 0 Å². The van der Waals surface area contributed by atoms with Gasteiger partial charge in [-0.05, 0) is 0 Å². The van der Waals surface area contributed by atoms with Gasteiger partial charge in [-0.25, -0.2) is 0 Å². The maximum absolute atomic E-state index is 0. The van der Waals surface area contributed by atoms with E-state index < -0.39 is 0 Å². The van der Waals surface area contributed by atoms with Gasteiger partial charge in [0.15, 0.2) is 0 Å². The summed E-state index contributed by atoms with van der Waals surface area (Å²) in [6.45, 7) is 0. The molecule has 0 bridgehead atoms. The number of hydrogen-bond acceptors (Lipinski definition) is 0. The third-order valence-electron chi connectivity index (χ3n) is 0. The van der Waals surface area contributed by atoms with Gasteiger partial charge in [0.25, 0.3) is 0 Å². The Balaban J connectivity index is 0. The van der Waals surface area contributed by atoms with Crippen molar-refractivity contribution >= 4 is 0 Å². The van der Waals surface area contributed by atoms with Gasteiger partial charge in [0.2, 0.25) is 0 Å². The van der Waals surface area contributed by atoms with Crippen molar-refractivity contribution in [3.63, 3.8) is 0 Å². The number of halogens is 3. The van der Waals surface area contributed by atoms with Gasteiger partial charge >= 0.3 is 0 Å². The second-order valence-corrected chi connectivity index (χ2v) is 0. The fourth-order valence-corrected chi connectivity index (χ4v) is 0. The fraction of sp³-hybridized carbons (Fsp3) is 0. The van der Waals surface area contributed by atoms with Crippen LogP contribution in [0.5, 0.6) is 0 Å². The Hall–Kier alpha value is 1.53.